The Balaban J connectivity index is 1.96. The Morgan fingerprint density at radius 3 is 2.61 bits per heavy atom. The topological polar surface area (TPSA) is 70.2 Å². The lowest BCUT2D eigenvalue weighted by molar-refractivity contribution is -0.117. The van der Waals surface area contributed by atoms with E-state index in [0.29, 0.717) is 36.1 Å². The van der Waals surface area contributed by atoms with Crippen LogP contribution in [0.3, 0.4) is 0 Å². The summed E-state index contributed by atoms with van der Waals surface area (Å²) >= 11 is 0. The molecule has 0 saturated carbocycles. The number of rotatable bonds is 6. The van der Waals surface area contributed by atoms with Crippen molar-refractivity contribution in [3.63, 3.8) is 0 Å². The highest BCUT2D eigenvalue weighted by Crippen LogP contribution is 2.19. The number of nitrogens with one attached hydrogen (secondary N) is 3. The monoisotopic (exact) mass is 317 g/mol. The fourth-order valence-corrected chi connectivity index (χ4v) is 2.73. The first-order chi connectivity index (χ1) is 11.1. The van der Waals surface area contributed by atoms with E-state index < -0.39 is 0 Å². The highest BCUT2D eigenvalue weighted by molar-refractivity contribution is 6.03. The smallest absolute Gasteiger partial charge is 0.253 e. The van der Waals surface area contributed by atoms with Crippen molar-refractivity contribution in [1.29, 1.82) is 0 Å². The van der Waals surface area contributed by atoms with Crippen molar-refractivity contribution in [3.05, 3.63) is 29.8 Å². The SMILES string of the molecule is CC(C)CNC(=O)c1ccccc1NC(=O)CC1CCNCC1. The minimum atomic E-state index is -0.142. The van der Waals surface area contributed by atoms with Crippen LogP contribution in [-0.4, -0.2) is 31.4 Å². The van der Waals surface area contributed by atoms with E-state index >= 15 is 0 Å². The largest absolute Gasteiger partial charge is 0.352 e. The second-order valence-corrected chi connectivity index (χ2v) is 6.60. The minimum Gasteiger partial charge on any atom is -0.352 e. The highest BCUT2D eigenvalue weighted by atomic mass is 16.2. The standard InChI is InChI=1S/C18H27N3O2/c1-13(2)12-20-18(23)15-5-3-4-6-16(15)21-17(22)11-14-7-9-19-10-8-14/h3-6,13-14,19H,7-12H2,1-2H3,(H,20,23)(H,21,22). The molecule has 0 radical (unpaired) electrons. The van der Waals surface area contributed by atoms with Gasteiger partial charge in [0.2, 0.25) is 5.91 Å². The molecule has 0 spiro atoms. The molecular formula is C18H27N3O2. The van der Waals surface area contributed by atoms with Crippen molar-refractivity contribution < 1.29 is 9.59 Å². The lowest BCUT2D eigenvalue weighted by atomic mass is 9.94. The molecule has 2 amide bonds. The maximum atomic E-state index is 12.3. The molecule has 0 aliphatic carbocycles. The van der Waals surface area contributed by atoms with Crippen LogP contribution in [0.1, 0.15) is 43.5 Å². The third-order valence-corrected chi connectivity index (χ3v) is 4.05. The maximum Gasteiger partial charge on any atom is 0.253 e. The Morgan fingerprint density at radius 2 is 1.91 bits per heavy atom. The summed E-state index contributed by atoms with van der Waals surface area (Å²) in [5.41, 5.74) is 1.11. The molecule has 1 aliphatic rings. The summed E-state index contributed by atoms with van der Waals surface area (Å²) in [5, 5.41) is 9.10. The number of carbonyl (C=O) groups is 2. The van der Waals surface area contributed by atoms with E-state index in [2.05, 4.69) is 16.0 Å². The van der Waals surface area contributed by atoms with Gasteiger partial charge in [-0.05, 0) is 49.9 Å². The van der Waals surface area contributed by atoms with Crippen LogP contribution in [0.5, 0.6) is 0 Å². The van der Waals surface area contributed by atoms with Crippen LogP contribution in [-0.2, 0) is 4.79 Å². The predicted molar refractivity (Wildman–Crippen MR) is 92.5 cm³/mol. The first-order valence-electron chi connectivity index (χ1n) is 8.44. The van der Waals surface area contributed by atoms with Gasteiger partial charge in [-0.3, -0.25) is 9.59 Å². The van der Waals surface area contributed by atoms with Crippen molar-refractivity contribution in [3.8, 4) is 0 Å². The molecule has 1 fully saturated rings. The fourth-order valence-electron chi connectivity index (χ4n) is 2.73. The van der Waals surface area contributed by atoms with Gasteiger partial charge < -0.3 is 16.0 Å². The van der Waals surface area contributed by atoms with Gasteiger partial charge in [-0.15, -0.1) is 0 Å². The van der Waals surface area contributed by atoms with Gasteiger partial charge in [0.1, 0.15) is 0 Å². The number of benzene rings is 1. The average molecular weight is 317 g/mol. The van der Waals surface area contributed by atoms with Crippen LogP contribution in [0.15, 0.2) is 24.3 Å². The van der Waals surface area contributed by atoms with Gasteiger partial charge in [0.05, 0.1) is 11.3 Å². The second kappa shape index (κ2) is 8.67. The van der Waals surface area contributed by atoms with Crippen molar-refractivity contribution in [2.45, 2.75) is 33.1 Å². The van der Waals surface area contributed by atoms with Crippen LogP contribution in [0.25, 0.3) is 0 Å². The van der Waals surface area contributed by atoms with Crippen molar-refractivity contribution in [2.24, 2.45) is 11.8 Å². The molecule has 0 bridgehead atoms. The zero-order valence-electron chi connectivity index (χ0n) is 14.0. The summed E-state index contributed by atoms with van der Waals surface area (Å²) in [6.45, 7) is 6.68. The predicted octanol–water partition coefficient (Wildman–Crippen LogP) is 2.40. The van der Waals surface area contributed by atoms with Gasteiger partial charge in [0.15, 0.2) is 0 Å². The fraction of sp³-hybridized carbons (Fsp3) is 0.556. The van der Waals surface area contributed by atoms with Gasteiger partial charge in [-0.2, -0.15) is 0 Å². The number of anilines is 1. The molecule has 1 aromatic rings. The average Bonchev–Trinajstić information content (AvgIpc) is 2.54. The van der Waals surface area contributed by atoms with Crippen LogP contribution < -0.4 is 16.0 Å². The molecule has 23 heavy (non-hydrogen) atoms. The Hall–Kier alpha value is -1.88. The molecular weight excluding hydrogens is 290 g/mol. The van der Waals surface area contributed by atoms with E-state index in [4.69, 9.17) is 0 Å². The molecule has 1 saturated heterocycles. The summed E-state index contributed by atoms with van der Waals surface area (Å²) in [4.78, 5) is 24.5. The Morgan fingerprint density at radius 1 is 1.22 bits per heavy atom. The first-order valence-corrected chi connectivity index (χ1v) is 8.44. The molecule has 5 nitrogen and oxygen atoms in total. The number of piperidine rings is 1. The number of hydrogen-bond acceptors (Lipinski definition) is 3. The Labute approximate surface area is 138 Å². The first kappa shape index (κ1) is 17.5. The van der Waals surface area contributed by atoms with E-state index in [1.165, 1.54) is 0 Å². The summed E-state index contributed by atoms with van der Waals surface area (Å²) in [6.07, 6.45) is 2.58. The quantitative estimate of drug-likeness (QED) is 0.754. The minimum absolute atomic E-state index is 0.0130. The van der Waals surface area contributed by atoms with Crippen LogP contribution in [0.4, 0.5) is 5.69 Å². The third-order valence-electron chi connectivity index (χ3n) is 4.05. The highest BCUT2D eigenvalue weighted by Gasteiger charge is 2.18. The Bertz CT molecular complexity index is 537. The number of para-hydroxylation sites is 1. The van der Waals surface area contributed by atoms with Crippen molar-refractivity contribution in [2.75, 3.05) is 25.0 Å². The molecule has 126 valence electrons. The second-order valence-electron chi connectivity index (χ2n) is 6.60. The molecule has 5 heteroatoms. The summed E-state index contributed by atoms with van der Waals surface area (Å²) in [5.74, 6) is 0.663. The van der Waals surface area contributed by atoms with E-state index in [0.717, 1.165) is 25.9 Å². The summed E-state index contributed by atoms with van der Waals surface area (Å²) < 4.78 is 0. The lowest BCUT2D eigenvalue weighted by Gasteiger charge is -2.22. The van der Waals surface area contributed by atoms with Crippen LogP contribution in [0, 0.1) is 11.8 Å². The van der Waals surface area contributed by atoms with Crippen LogP contribution in [0.2, 0.25) is 0 Å². The molecule has 3 N–H and O–H groups in total. The molecule has 1 aliphatic heterocycles. The molecule has 0 unspecified atom stereocenters. The van der Waals surface area contributed by atoms with Gasteiger partial charge in [0.25, 0.3) is 5.91 Å². The van der Waals surface area contributed by atoms with Crippen LogP contribution >= 0.6 is 0 Å². The lowest BCUT2D eigenvalue weighted by Crippen LogP contribution is -2.31. The van der Waals surface area contributed by atoms with Crippen molar-refractivity contribution >= 4 is 17.5 Å². The molecule has 2 rings (SSSR count). The van der Waals surface area contributed by atoms with E-state index in [1.807, 2.05) is 26.0 Å². The van der Waals surface area contributed by atoms with Crippen molar-refractivity contribution in [1.82, 2.24) is 10.6 Å². The van der Waals surface area contributed by atoms with Gasteiger partial charge in [0, 0.05) is 13.0 Å². The molecule has 0 atom stereocenters. The molecule has 1 heterocycles. The summed E-state index contributed by atoms with van der Waals surface area (Å²) in [6, 6.07) is 7.17. The van der Waals surface area contributed by atoms with Gasteiger partial charge in [-0.1, -0.05) is 26.0 Å². The normalized spacial score (nSPS) is 15.4. The zero-order chi connectivity index (χ0) is 16.7. The number of carbonyl (C=O) groups excluding carboxylic acids is 2. The van der Waals surface area contributed by atoms with E-state index in [-0.39, 0.29) is 11.8 Å². The number of hydrogen-bond donors (Lipinski definition) is 3. The number of amides is 2. The summed E-state index contributed by atoms with van der Waals surface area (Å²) in [7, 11) is 0. The van der Waals surface area contributed by atoms with Gasteiger partial charge in [-0.25, -0.2) is 0 Å². The zero-order valence-corrected chi connectivity index (χ0v) is 14.0. The Kier molecular flexibility index (Phi) is 6.59. The van der Waals surface area contributed by atoms with E-state index in [9.17, 15) is 9.59 Å². The third kappa shape index (κ3) is 5.67. The molecule has 1 aromatic carbocycles. The van der Waals surface area contributed by atoms with Gasteiger partial charge >= 0.3 is 0 Å². The maximum absolute atomic E-state index is 12.3. The molecule has 0 aromatic heterocycles. The van der Waals surface area contributed by atoms with E-state index in [1.54, 1.807) is 12.1 Å².